The molecule has 1 unspecified atom stereocenters. The Morgan fingerprint density at radius 1 is 1.28 bits per heavy atom. The molecule has 0 spiro atoms. The van der Waals surface area contributed by atoms with Crippen molar-refractivity contribution in [2.24, 2.45) is 0 Å². The molecule has 1 atom stereocenters. The summed E-state index contributed by atoms with van der Waals surface area (Å²) in [5.74, 6) is 0. The van der Waals surface area contributed by atoms with Crippen LogP contribution in [-0.2, 0) is 12.8 Å². The average Bonchev–Trinajstić information content (AvgIpc) is 2.87. The summed E-state index contributed by atoms with van der Waals surface area (Å²) in [5, 5.41) is 8.46. The van der Waals surface area contributed by atoms with Crippen molar-refractivity contribution < 1.29 is 0 Å². The molecule has 1 aliphatic carbocycles. The predicted molar refractivity (Wildman–Crippen MR) is 75.3 cm³/mol. The number of fused-ring (bicyclic) bond motifs is 1. The number of hydrogen-bond acceptors (Lipinski definition) is 2. The zero-order chi connectivity index (χ0) is 12.5. The third kappa shape index (κ3) is 2.09. The van der Waals surface area contributed by atoms with Crippen LogP contribution in [0, 0.1) is 0 Å². The first-order valence-electron chi connectivity index (χ1n) is 6.43. The molecule has 3 nitrogen and oxygen atoms in total. The maximum atomic E-state index is 4.25. The van der Waals surface area contributed by atoms with Gasteiger partial charge in [0, 0.05) is 0 Å². The zero-order valence-corrected chi connectivity index (χ0v) is 12.0. The first kappa shape index (κ1) is 11.9. The van der Waals surface area contributed by atoms with Crippen LogP contribution in [0.1, 0.15) is 41.4 Å². The molecular formula is C14H16BrN3. The number of nitrogens with zero attached hydrogens (tertiary/aromatic N) is 3. The highest BCUT2D eigenvalue weighted by Crippen LogP contribution is 2.27. The number of benzene rings is 1. The van der Waals surface area contributed by atoms with Gasteiger partial charge in [-0.1, -0.05) is 33.3 Å². The Kier molecular flexibility index (Phi) is 3.20. The third-order valence-corrected chi connectivity index (χ3v) is 4.01. The summed E-state index contributed by atoms with van der Waals surface area (Å²) in [7, 11) is 0. The van der Waals surface area contributed by atoms with E-state index in [9.17, 15) is 0 Å². The summed E-state index contributed by atoms with van der Waals surface area (Å²) in [5.41, 5.74) is 5.09. The van der Waals surface area contributed by atoms with Crippen LogP contribution in [0.25, 0.3) is 5.69 Å². The van der Waals surface area contributed by atoms with Crippen molar-refractivity contribution >= 4 is 15.9 Å². The fourth-order valence-electron chi connectivity index (χ4n) is 2.55. The van der Waals surface area contributed by atoms with Gasteiger partial charge in [0.25, 0.3) is 0 Å². The van der Waals surface area contributed by atoms with Gasteiger partial charge in [-0.15, -0.1) is 5.10 Å². The van der Waals surface area contributed by atoms with E-state index in [2.05, 4.69) is 51.4 Å². The number of rotatable bonds is 2. The summed E-state index contributed by atoms with van der Waals surface area (Å²) < 4.78 is 1.91. The fraction of sp³-hybridized carbons (Fsp3) is 0.429. The molecule has 1 aromatic carbocycles. The molecule has 0 aliphatic heterocycles. The van der Waals surface area contributed by atoms with Gasteiger partial charge in [0.05, 0.1) is 22.4 Å². The Morgan fingerprint density at radius 2 is 2.11 bits per heavy atom. The van der Waals surface area contributed by atoms with E-state index >= 15 is 0 Å². The van der Waals surface area contributed by atoms with E-state index in [0.717, 1.165) is 12.1 Å². The lowest BCUT2D eigenvalue weighted by atomic mass is 9.90. The van der Waals surface area contributed by atoms with Gasteiger partial charge in [-0.3, -0.25) is 0 Å². The lowest BCUT2D eigenvalue weighted by Gasteiger charge is -2.18. The van der Waals surface area contributed by atoms with Gasteiger partial charge in [-0.05, 0) is 49.8 Å². The van der Waals surface area contributed by atoms with Crippen molar-refractivity contribution in [3.05, 3.63) is 41.2 Å². The molecule has 0 saturated carbocycles. The van der Waals surface area contributed by atoms with Crippen molar-refractivity contribution in [2.45, 2.75) is 37.4 Å². The maximum Gasteiger partial charge on any atom is 0.0965 e. The Hall–Kier alpha value is -1.16. The van der Waals surface area contributed by atoms with Gasteiger partial charge in [0.2, 0.25) is 0 Å². The minimum atomic E-state index is 0.241. The second-order valence-electron chi connectivity index (χ2n) is 4.83. The summed E-state index contributed by atoms with van der Waals surface area (Å²) in [6, 6.07) is 6.50. The van der Waals surface area contributed by atoms with E-state index in [1.165, 1.54) is 36.1 Å². The molecule has 0 saturated heterocycles. The van der Waals surface area contributed by atoms with E-state index in [4.69, 9.17) is 0 Å². The zero-order valence-electron chi connectivity index (χ0n) is 10.4. The normalized spacial score (nSPS) is 16.3. The lowest BCUT2D eigenvalue weighted by Crippen LogP contribution is -2.08. The minimum absolute atomic E-state index is 0.241. The molecule has 0 bridgehead atoms. The van der Waals surface area contributed by atoms with Gasteiger partial charge < -0.3 is 0 Å². The van der Waals surface area contributed by atoms with Gasteiger partial charge in [-0.25, -0.2) is 4.68 Å². The molecule has 94 valence electrons. The van der Waals surface area contributed by atoms with E-state index in [1.54, 1.807) is 0 Å². The molecule has 18 heavy (non-hydrogen) atoms. The summed E-state index contributed by atoms with van der Waals surface area (Å²) >= 11 is 3.53. The number of aryl methyl sites for hydroxylation is 1. The van der Waals surface area contributed by atoms with E-state index in [0.29, 0.717) is 0 Å². The Balaban J connectivity index is 2.05. The highest BCUT2D eigenvalue weighted by Gasteiger charge is 2.15. The Labute approximate surface area is 115 Å². The molecule has 0 fully saturated rings. The van der Waals surface area contributed by atoms with Crippen LogP contribution >= 0.6 is 15.9 Å². The minimum Gasteiger partial charge on any atom is -0.220 e. The van der Waals surface area contributed by atoms with Crippen molar-refractivity contribution in [3.63, 3.8) is 0 Å². The topological polar surface area (TPSA) is 30.7 Å². The SMILES string of the molecule is CC(Br)c1cn(-c2cccc3c2CCCC3)nn1. The van der Waals surface area contributed by atoms with Crippen LogP contribution in [-0.4, -0.2) is 15.0 Å². The molecule has 3 rings (SSSR count). The molecule has 4 heteroatoms. The standard InChI is InChI=1S/C14H16BrN3/c1-10(15)13-9-18(17-16-13)14-8-4-6-11-5-2-3-7-12(11)14/h4,6,8-10H,2-3,5,7H2,1H3. The van der Waals surface area contributed by atoms with E-state index in [-0.39, 0.29) is 4.83 Å². The van der Waals surface area contributed by atoms with Crippen LogP contribution in [0.4, 0.5) is 0 Å². The second-order valence-corrected chi connectivity index (χ2v) is 6.20. The van der Waals surface area contributed by atoms with Crippen molar-refractivity contribution in [1.82, 2.24) is 15.0 Å². The average molecular weight is 306 g/mol. The lowest BCUT2D eigenvalue weighted by molar-refractivity contribution is 0.673. The van der Waals surface area contributed by atoms with Crippen LogP contribution < -0.4 is 0 Å². The molecule has 1 aliphatic rings. The Bertz CT molecular complexity index is 560. The van der Waals surface area contributed by atoms with E-state index in [1.807, 2.05) is 10.9 Å². The first-order valence-corrected chi connectivity index (χ1v) is 7.35. The van der Waals surface area contributed by atoms with Crippen molar-refractivity contribution in [1.29, 1.82) is 0 Å². The molecule has 0 radical (unpaired) electrons. The molecule has 0 N–H and O–H groups in total. The first-order chi connectivity index (χ1) is 8.75. The van der Waals surface area contributed by atoms with Crippen LogP contribution in [0.3, 0.4) is 0 Å². The van der Waals surface area contributed by atoms with Gasteiger partial charge >= 0.3 is 0 Å². The largest absolute Gasteiger partial charge is 0.220 e. The number of alkyl halides is 1. The van der Waals surface area contributed by atoms with Crippen LogP contribution in [0.15, 0.2) is 24.4 Å². The summed E-state index contributed by atoms with van der Waals surface area (Å²) in [6.45, 7) is 2.06. The fourth-order valence-corrected chi connectivity index (χ4v) is 2.76. The Morgan fingerprint density at radius 3 is 2.89 bits per heavy atom. The monoisotopic (exact) mass is 305 g/mol. The molecule has 0 amide bonds. The molecule has 2 aromatic rings. The van der Waals surface area contributed by atoms with Crippen molar-refractivity contribution in [3.8, 4) is 5.69 Å². The van der Waals surface area contributed by atoms with E-state index < -0.39 is 0 Å². The molecular weight excluding hydrogens is 290 g/mol. The highest BCUT2D eigenvalue weighted by atomic mass is 79.9. The molecule has 1 aromatic heterocycles. The van der Waals surface area contributed by atoms with Gasteiger partial charge in [0.1, 0.15) is 0 Å². The quantitative estimate of drug-likeness (QED) is 0.794. The third-order valence-electron chi connectivity index (χ3n) is 3.54. The number of aromatic nitrogens is 3. The number of hydrogen-bond donors (Lipinski definition) is 0. The summed E-state index contributed by atoms with van der Waals surface area (Å²) in [6.07, 6.45) is 6.95. The number of halogens is 1. The maximum absolute atomic E-state index is 4.25. The van der Waals surface area contributed by atoms with Crippen molar-refractivity contribution in [2.75, 3.05) is 0 Å². The van der Waals surface area contributed by atoms with Crippen LogP contribution in [0.2, 0.25) is 0 Å². The van der Waals surface area contributed by atoms with Crippen LogP contribution in [0.5, 0.6) is 0 Å². The smallest absolute Gasteiger partial charge is 0.0965 e. The highest BCUT2D eigenvalue weighted by molar-refractivity contribution is 9.09. The van der Waals surface area contributed by atoms with Gasteiger partial charge in [-0.2, -0.15) is 0 Å². The van der Waals surface area contributed by atoms with Gasteiger partial charge in [0.15, 0.2) is 0 Å². The summed E-state index contributed by atoms with van der Waals surface area (Å²) in [4.78, 5) is 0.241. The molecule has 1 heterocycles. The second kappa shape index (κ2) is 4.84. The predicted octanol–water partition coefficient (Wildman–Crippen LogP) is 3.60.